The van der Waals surface area contributed by atoms with Crippen LogP contribution in [0.2, 0.25) is 0 Å². The number of ketones is 1. The summed E-state index contributed by atoms with van der Waals surface area (Å²) >= 11 is 0. The van der Waals surface area contributed by atoms with Gasteiger partial charge in [-0.15, -0.1) is 0 Å². The molecule has 2 aromatic heterocycles. The molecule has 5 rings (SSSR count). The molecule has 1 aromatic carbocycles. The number of aliphatic hydroxyl groups excluding tert-OH is 1. The number of hydrogen-bond acceptors (Lipinski definition) is 5. The van der Waals surface area contributed by atoms with E-state index in [1.807, 2.05) is 25.1 Å². The number of rotatable bonds is 4. The van der Waals surface area contributed by atoms with Crippen LogP contribution in [0.5, 0.6) is 0 Å². The number of benzene rings is 1. The van der Waals surface area contributed by atoms with Crippen LogP contribution in [0, 0.1) is 11.8 Å². The number of Topliss-reactive ketones (excluding diaryl/α,β-unsaturated/α-hetero) is 1. The molecule has 0 amide bonds. The summed E-state index contributed by atoms with van der Waals surface area (Å²) in [5.41, 5.74) is 4.52. The Hall–Kier alpha value is -3.68. The van der Waals surface area contributed by atoms with Crippen molar-refractivity contribution in [2.75, 3.05) is 0 Å². The quantitative estimate of drug-likeness (QED) is 0.430. The van der Waals surface area contributed by atoms with Crippen molar-refractivity contribution in [2.45, 2.75) is 38.1 Å². The van der Waals surface area contributed by atoms with Crippen molar-refractivity contribution in [3.05, 3.63) is 71.4 Å². The molecule has 2 heterocycles. The van der Waals surface area contributed by atoms with Gasteiger partial charge in [-0.25, -0.2) is 0 Å². The molecule has 3 aromatic rings. The molecule has 0 bridgehead atoms. The van der Waals surface area contributed by atoms with Gasteiger partial charge < -0.3 is 10.2 Å². The number of nitrogens with zero attached hydrogens (tertiary/aromatic N) is 3. The van der Waals surface area contributed by atoms with E-state index < -0.39 is 11.4 Å². The maximum absolute atomic E-state index is 12.9. The molecule has 0 aliphatic heterocycles. The number of nitrogens with one attached hydrogen (secondary N) is 1. The normalized spacial score (nSPS) is 26.0. The summed E-state index contributed by atoms with van der Waals surface area (Å²) in [6.45, 7) is 1.73. The minimum absolute atomic E-state index is 0.00203. The summed E-state index contributed by atoms with van der Waals surface area (Å²) in [6, 6.07) is 10.1. The molecular formula is C24H24N4O4. The number of aliphatic carboxylic acids is 1. The van der Waals surface area contributed by atoms with Gasteiger partial charge in [-0.2, -0.15) is 10.2 Å². The van der Waals surface area contributed by atoms with Crippen LogP contribution in [0.3, 0.4) is 0 Å². The molecule has 164 valence electrons. The lowest BCUT2D eigenvalue weighted by Crippen LogP contribution is -2.50. The fourth-order valence-electron chi connectivity index (χ4n) is 5.72. The zero-order chi connectivity index (χ0) is 22.5. The maximum atomic E-state index is 12.9. The highest BCUT2D eigenvalue weighted by Gasteiger charge is 2.55. The first kappa shape index (κ1) is 20.2. The second-order valence-corrected chi connectivity index (χ2v) is 8.71. The number of carboxylic acids is 1. The summed E-state index contributed by atoms with van der Waals surface area (Å²) in [6.07, 6.45) is 6.24. The summed E-state index contributed by atoms with van der Waals surface area (Å²) in [5.74, 6) is -1.13. The first-order valence-corrected chi connectivity index (χ1v) is 10.7. The topological polar surface area (TPSA) is 121 Å². The molecule has 8 heteroatoms. The van der Waals surface area contributed by atoms with Gasteiger partial charge in [0, 0.05) is 34.2 Å². The standard InChI is InChI=1S/C24H24N4O4/c1-14-19-8-7-18-21(16-10-25-28(11-16)12-20(30)31)26-27-23(18)24(19,9-15(13-29)22(14)32)17-5-3-2-4-6-17/h2-6,10-11,13-14,19,29H,7-9,12H2,1H3,(H,26,27)(H,30,31)/b15-13-/t14-,19-,24+/m0/s1. The van der Waals surface area contributed by atoms with Crippen LogP contribution >= 0.6 is 0 Å². The van der Waals surface area contributed by atoms with Gasteiger partial charge in [-0.05, 0) is 30.7 Å². The summed E-state index contributed by atoms with van der Waals surface area (Å²) in [4.78, 5) is 23.9. The minimum Gasteiger partial charge on any atom is -0.515 e. The summed E-state index contributed by atoms with van der Waals surface area (Å²) in [5, 5.41) is 31.0. The average molecular weight is 432 g/mol. The van der Waals surface area contributed by atoms with Crippen molar-refractivity contribution in [1.29, 1.82) is 0 Å². The van der Waals surface area contributed by atoms with Crippen molar-refractivity contribution in [2.24, 2.45) is 11.8 Å². The molecule has 32 heavy (non-hydrogen) atoms. The van der Waals surface area contributed by atoms with Crippen molar-refractivity contribution in [3.63, 3.8) is 0 Å². The first-order valence-electron chi connectivity index (χ1n) is 10.7. The lowest BCUT2D eigenvalue weighted by Gasteiger charge is -2.50. The van der Waals surface area contributed by atoms with Gasteiger partial charge in [0.1, 0.15) is 6.54 Å². The Morgan fingerprint density at radius 2 is 2.12 bits per heavy atom. The van der Waals surface area contributed by atoms with Crippen LogP contribution in [0.4, 0.5) is 0 Å². The van der Waals surface area contributed by atoms with E-state index in [1.54, 1.807) is 12.4 Å². The Morgan fingerprint density at radius 1 is 1.34 bits per heavy atom. The number of carboxylic acid groups (broad SMARTS) is 1. The van der Waals surface area contributed by atoms with Crippen LogP contribution in [-0.4, -0.2) is 41.9 Å². The van der Waals surface area contributed by atoms with Crippen molar-refractivity contribution in [1.82, 2.24) is 20.0 Å². The van der Waals surface area contributed by atoms with E-state index >= 15 is 0 Å². The molecule has 3 atom stereocenters. The van der Waals surface area contributed by atoms with Crippen molar-refractivity contribution < 1.29 is 19.8 Å². The van der Waals surface area contributed by atoms with Gasteiger partial charge >= 0.3 is 5.97 Å². The molecule has 3 N–H and O–H groups in total. The summed E-state index contributed by atoms with van der Waals surface area (Å²) in [7, 11) is 0. The fraction of sp³-hybridized carbons (Fsp3) is 0.333. The number of aromatic amines is 1. The molecule has 0 unspecified atom stereocenters. The smallest absolute Gasteiger partial charge is 0.325 e. The molecule has 1 saturated carbocycles. The predicted molar refractivity (Wildman–Crippen MR) is 116 cm³/mol. The molecule has 0 radical (unpaired) electrons. The van der Waals surface area contributed by atoms with Crippen molar-refractivity contribution >= 4 is 11.8 Å². The third-order valence-electron chi connectivity index (χ3n) is 7.10. The third-order valence-corrected chi connectivity index (χ3v) is 7.10. The molecule has 2 aliphatic carbocycles. The highest BCUT2D eigenvalue weighted by atomic mass is 16.4. The van der Waals surface area contributed by atoms with E-state index in [0.29, 0.717) is 12.0 Å². The van der Waals surface area contributed by atoms with Crippen LogP contribution in [-0.2, 0) is 28.0 Å². The molecule has 0 spiro atoms. The Balaban J connectivity index is 1.68. The van der Waals surface area contributed by atoms with Crippen LogP contribution in [0.15, 0.2) is 54.6 Å². The number of carbonyl (C=O) groups is 2. The molecule has 0 saturated heterocycles. The van der Waals surface area contributed by atoms with Crippen LogP contribution < -0.4 is 0 Å². The first-order chi connectivity index (χ1) is 15.5. The van der Waals surface area contributed by atoms with E-state index in [0.717, 1.165) is 47.2 Å². The number of carbonyl (C=O) groups excluding carboxylic acids is 1. The Bertz CT molecular complexity index is 1230. The Labute approximate surface area is 184 Å². The zero-order valence-corrected chi connectivity index (χ0v) is 17.7. The Kier molecular flexibility index (Phi) is 4.73. The predicted octanol–water partition coefficient (Wildman–Crippen LogP) is 3.26. The molecule has 2 aliphatic rings. The lowest BCUT2D eigenvalue weighted by molar-refractivity contribution is -0.137. The van der Waals surface area contributed by atoms with E-state index in [4.69, 9.17) is 5.11 Å². The number of aromatic nitrogens is 4. The van der Waals surface area contributed by atoms with Gasteiger partial charge in [0.2, 0.25) is 0 Å². The second-order valence-electron chi connectivity index (χ2n) is 8.71. The highest BCUT2D eigenvalue weighted by Crippen LogP contribution is 2.56. The largest absolute Gasteiger partial charge is 0.515 e. The van der Waals surface area contributed by atoms with Crippen LogP contribution in [0.1, 0.15) is 36.6 Å². The second kappa shape index (κ2) is 7.47. The minimum atomic E-state index is -0.959. The number of H-pyrrole nitrogens is 1. The SMILES string of the molecule is C[C@@H]1C(=O)/C(=C\O)C[C@]2(c3ccccc3)c3[nH]nc(-c4cnn(CC(=O)O)c4)c3CC[C@@H]12. The van der Waals surface area contributed by atoms with E-state index in [2.05, 4.69) is 27.4 Å². The number of allylic oxidation sites excluding steroid dienone is 1. The highest BCUT2D eigenvalue weighted by molar-refractivity contribution is 5.98. The van der Waals surface area contributed by atoms with Gasteiger partial charge in [0.25, 0.3) is 0 Å². The van der Waals surface area contributed by atoms with Gasteiger partial charge in [-0.3, -0.25) is 19.4 Å². The van der Waals surface area contributed by atoms with Gasteiger partial charge in [0.05, 0.1) is 23.8 Å². The number of hydrogen-bond donors (Lipinski definition) is 3. The van der Waals surface area contributed by atoms with E-state index in [-0.39, 0.29) is 24.2 Å². The molecule has 1 fully saturated rings. The lowest BCUT2D eigenvalue weighted by atomic mass is 9.52. The van der Waals surface area contributed by atoms with Crippen molar-refractivity contribution in [3.8, 4) is 11.3 Å². The van der Waals surface area contributed by atoms with E-state index in [1.165, 1.54) is 4.68 Å². The van der Waals surface area contributed by atoms with Gasteiger partial charge in [-0.1, -0.05) is 37.3 Å². The monoisotopic (exact) mass is 432 g/mol. The zero-order valence-electron chi connectivity index (χ0n) is 17.7. The number of fused-ring (bicyclic) bond motifs is 3. The van der Waals surface area contributed by atoms with Crippen LogP contribution in [0.25, 0.3) is 11.3 Å². The molecule has 8 nitrogen and oxygen atoms in total. The average Bonchev–Trinajstić information content (AvgIpc) is 3.43. The van der Waals surface area contributed by atoms with E-state index in [9.17, 15) is 14.7 Å². The van der Waals surface area contributed by atoms with Gasteiger partial charge in [0.15, 0.2) is 5.78 Å². The number of aliphatic hydroxyl groups is 1. The fourth-order valence-corrected chi connectivity index (χ4v) is 5.72. The summed E-state index contributed by atoms with van der Waals surface area (Å²) < 4.78 is 1.38. The third kappa shape index (κ3) is 2.90. The molecular weight excluding hydrogens is 408 g/mol. The Morgan fingerprint density at radius 3 is 2.84 bits per heavy atom. The maximum Gasteiger partial charge on any atom is 0.325 e.